The van der Waals surface area contributed by atoms with Crippen molar-refractivity contribution < 1.29 is 4.74 Å². The summed E-state index contributed by atoms with van der Waals surface area (Å²) in [4.78, 5) is 2.48. The van der Waals surface area contributed by atoms with Gasteiger partial charge in [-0.15, -0.1) is 0 Å². The van der Waals surface area contributed by atoms with E-state index in [-0.39, 0.29) is 0 Å². The summed E-state index contributed by atoms with van der Waals surface area (Å²) in [5.74, 6) is 0.889. The lowest BCUT2D eigenvalue weighted by atomic mass is 10.00. The Morgan fingerprint density at radius 3 is 2.92 bits per heavy atom. The van der Waals surface area contributed by atoms with Gasteiger partial charge in [0.1, 0.15) is 0 Å². The maximum Gasteiger partial charge on any atom is 0.0620 e. The Bertz CT molecular complexity index is 151. The second kappa shape index (κ2) is 4.40. The summed E-state index contributed by atoms with van der Waals surface area (Å²) in [6.07, 6.45) is 1.20. The van der Waals surface area contributed by atoms with Gasteiger partial charge in [0.2, 0.25) is 0 Å². The fourth-order valence-electron chi connectivity index (χ4n) is 2.09. The summed E-state index contributed by atoms with van der Waals surface area (Å²) in [6, 6.07) is 0.635. The van der Waals surface area contributed by atoms with Crippen molar-refractivity contribution in [3.63, 3.8) is 0 Å². The lowest BCUT2D eigenvalue weighted by Gasteiger charge is -2.39. The minimum absolute atomic E-state index is 0.635. The average Bonchev–Trinajstić information content (AvgIpc) is 2.54. The van der Waals surface area contributed by atoms with E-state index in [0.29, 0.717) is 6.04 Å². The van der Waals surface area contributed by atoms with Crippen molar-refractivity contribution in [2.45, 2.75) is 19.4 Å². The molecular weight excluding hydrogens is 164 g/mol. The van der Waals surface area contributed by atoms with Crippen LogP contribution in [0, 0.1) is 5.92 Å². The lowest BCUT2D eigenvalue weighted by molar-refractivity contribution is 0.103. The molecule has 0 saturated carbocycles. The lowest BCUT2D eigenvalue weighted by Crippen LogP contribution is -2.51. The van der Waals surface area contributed by atoms with Gasteiger partial charge in [-0.3, -0.25) is 0 Å². The topological polar surface area (TPSA) is 24.5 Å². The number of likely N-dealkylation sites (tertiary alicyclic amines) is 1. The molecule has 0 amide bonds. The summed E-state index contributed by atoms with van der Waals surface area (Å²) in [5, 5.41) is 3.58. The monoisotopic (exact) mass is 184 g/mol. The molecule has 0 aromatic heterocycles. The molecule has 13 heavy (non-hydrogen) atoms. The van der Waals surface area contributed by atoms with Crippen LogP contribution in [0.5, 0.6) is 0 Å². The molecule has 0 aromatic rings. The Balaban J connectivity index is 1.54. The van der Waals surface area contributed by atoms with E-state index in [1.54, 1.807) is 0 Å². The van der Waals surface area contributed by atoms with Gasteiger partial charge in [0.15, 0.2) is 0 Å². The van der Waals surface area contributed by atoms with Gasteiger partial charge < -0.3 is 15.0 Å². The molecule has 0 spiro atoms. The number of hydrogen-bond acceptors (Lipinski definition) is 3. The van der Waals surface area contributed by atoms with E-state index in [4.69, 9.17) is 4.74 Å². The standard InChI is InChI=1S/C10H20N2O/c1-2-12-6-9(7-12)5-11-10-3-4-13-8-10/h9-11H,2-8H2,1H3. The molecule has 0 bridgehead atoms. The predicted molar refractivity (Wildman–Crippen MR) is 52.8 cm³/mol. The molecule has 76 valence electrons. The van der Waals surface area contributed by atoms with Crippen LogP contribution in [0.3, 0.4) is 0 Å². The van der Waals surface area contributed by atoms with Gasteiger partial charge in [-0.05, 0) is 18.9 Å². The predicted octanol–water partition coefficient (Wildman–Crippen LogP) is 0.317. The zero-order chi connectivity index (χ0) is 9.10. The Morgan fingerprint density at radius 2 is 2.31 bits per heavy atom. The molecule has 3 heteroatoms. The highest BCUT2D eigenvalue weighted by molar-refractivity contribution is 4.82. The normalized spacial score (nSPS) is 30.7. The van der Waals surface area contributed by atoms with Crippen molar-refractivity contribution in [3.05, 3.63) is 0 Å². The van der Waals surface area contributed by atoms with Gasteiger partial charge >= 0.3 is 0 Å². The highest BCUT2D eigenvalue weighted by Gasteiger charge is 2.26. The molecule has 2 aliphatic rings. The fraction of sp³-hybridized carbons (Fsp3) is 1.00. The summed E-state index contributed by atoms with van der Waals surface area (Å²) in [5.41, 5.74) is 0. The van der Waals surface area contributed by atoms with Crippen molar-refractivity contribution >= 4 is 0 Å². The average molecular weight is 184 g/mol. The van der Waals surface area contributed by atoms with E-state index >= 15 is 0 Å². The third-order valence-corrected chi connectivity index (χ3v) is 3.10. The maximum absolute atomic E-state index is 5.31. The minimum Gasteiger partial charge on any atom is -0.380 e. The van der Waals surface area contributed by atoms with Crippen LogP contribution in [-0.2, 0) is 4.74 Å². The van der Waals surface area contributed by atoms with Crippen LogP contribution in [0.2, 0.25) is 0 Å². The molecule has 0 aromatic carbocycles. The summed E-state index contributed by atoms with van der Waals surface area (Å²) >= 11 is 0. The van der Waals surface area contributed by atoms with E-state index < -0.39 is 0 Å². The quantitative estimate of drug-likeness (QED) is 0.681. The van der Waals surface area contributed by atoms with Crippen LogP contribution in [0.4, 0.5) is 0 Å². The minimum atomic E-state index is 0.635. The van der Waals surface area contributed by atoms with Crippen LogP contribution >= 0.6 is 0 Å². The van der Waals surface area contributed by atoms with Crippen molar-refractivity contribution in [2.24, 2.45) is 5.92 Å². The molecule has 1 unspecified atom stereocenters. The molecule has 0 aliphatic carbocycles. The number of hydrogen-bond donors (Lipinski definition) is 1. The zero-order valence-corrected chi connectivity index (χ0v) is 8.46. The van der Waals surface area contributed by atoms with Crippen LogP contribution in [-0.4, -0.2) is 50.3 Å². The van der Waals surface area contributed by atoms with Crippen LogP contribution in [0.25, 0.3) is 0 Å². The van der Waals surface area contributed by atoms with Gasteiger partial charge in [0, 0.05) is 32.3 Å². The summed E-state index contributed by atoms with van der Waals surface area (Å²) in [7, 11) is 0. The largest absolute Gasteiger partial charge is 0.380 e. The van der Waals surface area contributed by atoms with E-state index in [0.717, 1.165) is 19.1 Å². The first-order valence-electron chi connectivity index (χ1n) is 5.42. The fourth-order valence-corrected chi connectivity index (χ4v) is 2.09. The first kappa shape index (κ1) is 9.44. The zero-order valence-electron chi connectivity index (χ0n) is 8.46. The molecule has 2 heterocycles. The molecule has 2 aliphatic heterocycles. The molecular formula is C10H20N2O. The van der Waals surface area contributed by atoms with E-state index in [2.05, 4.69) is 17.1 Å². The van der Waals surface area contributed by atoms with Gasteiger partial charge in [0.05, 0.1) is 6.61 Å². The van der Waals surface area contributed by atoms with Crippen molar-refractivity contribution in [2.75, 3.05) is 39.4 Å². The number of nitrogens with one attached hydrogen (secondary N) is 1. The molecule has 2 fully saturated rings. The Labute approximate surface area is 80.4 Å². The number of rotatable bonds is 4. The summed E-state index contributed by atoms with van der Waals surface area (Å²) < 4.78 is 5.31. The number of nitrogens with zero attached hydrogens (tertiary/aromatic N) is 1. The first-order valence-corrected chi connectivity index (χ1v) is 5.42. The SMILES string of the molecule is CCN1CC(CNC2CCOC2)C1. The molecule has 3 nitrogen and oxygen atoms in total. The van der Waals surface area contributed by atoms with Crippen LogP contribution < -0.4 is 5.32 Å². The molecule has 2 rings (SSSR count). The number of ether oxygens (including phenoxy) is 1. The van der Waals surface area contributed by atoms with Crippen LogP contribution in [0.15, 0.2) is 0 Å². The second-order valence-corrected chi connectivity index (χ2v) is 4.19. The van der Waals surface area contributed by atoms with E-state index in [1.807, 2.05) is 0 Å². The van der Waals surface area contributed by atoms with Gasteiger partial charge in [-0.1, -0.05) is 6.92 Å². The Morgan fingerprint density at radius 1 is 1.46 bits per heavy atom. The maximum atomic E-state index is 5.31. The Kier molecular flexibility index (Phi) is 3.19. The van der Waals surface area contributed by atoms with Gasteiger partial charge in [0.25, 0.3) is 0 Å². The first-order chi connectivity index (χ1) is 6.38. The molecule has 1 N–H and O–H groups in total. The van der Waals surface area contributed by atoms with Crippen molar-refractivity contribution in [1.82, 2.24) is 10.2 Å². The summed E-state index contributed by atoms with van der Waals surface area (Å²) in [6.45, 7) is 9.07. The van der Waals surface area contributed by atoms with E-state index in [1.165, 1.54) is 32.6 Å². The highest BCUT2D eigenvalue weighted by atomic mass is 16.5. The third kappa shape index (κ3) is 2.42. The molecule has 0 radical (unpaired) electrons. The molecule has 2 saturated heterocycles. The van der Waals surface area contributed by atoms with Crippen LogP contribution in [0.1, 0.15) is 13.3 Å². The van der Waals surface area contributed by atoms with Crippen molar-refractivity contribution in [3.8, 4) is 0 Å². The van der Waals surface area contributed by atoms with Crippen molar-refractivity contribution in [1.29, 1.82) is 0 Å². The second-order valence-electron chi connectivity index (χ2n) is 4.19. The third-order valence-electron chi connectivity index (χ3n) is 3.10. The smallest absolute Gasteiger partial charge is 0.0620 e. The van der Waals surface area contributed by atoms with E-state index in [9.17, 15) is 0 Å². The molecule has 1 atom stereocenters. The van der Waals surface area contributed by atoms with Gasteiger partial charge in [-0.25, -0.2) is 0 Å². The Hall–Kier alpha value is -0.120. The van der Waals surface area contributed by atoms with Gasteiger partial charge in [-0.2, -0.15) is 0 Å². The highest BCUT2D eigenvalue weighted by Crippen LogP contribution is 2.14.